The van der Waals surface area contributed by atoms with E-state index in [1.54, 1.807) is 0 Å². The summed E-state index contributed by atoms with van der Waals surface area (Å²) < 4.78 is 0. The summed E-state index contributed by atoms with van der Waals surface area (Å²) in [6.45, 7) is 11.3. The van der Waals surface area contributed by atoms with Crippen molar-refractivity contribution in [2.24, 2.45) is 29.1 Å². The quantitative estimate of drug-likeness (QED) is 0.635. The number of hydrogen-bond donors (Lipinski definition) is 1. The molecule has 0 radical (unpaired) electrons. The maximum absolute atomic E-state index is 11.9. The van der Waals surface area contributed by atoms with E-state index in [0.29, 0.717) is 17.8 Å². The summed E-state index contributed by atoms with van der Waals surface area (Å²) in [6.07, 6.45) is 14.1. The van der Waals surface area contributed by atoms with Crippen LogP contribution in [0, 0.1) is 29.1 Å². The Hall–Kier alpha value is -0.820. The number of hydrogen-bond acceptors (Lipinski definition) is 1. The standard InChI is InChI=1S/C23H34O/c1-5-22-14-23(24,6-2)21-18-10-7-15(3)13-17(18)9-11-19(21)20(22)12-8-16(22)4/h9,13,18-21,24H,4-8,10-12,14H2,1-3H3/t18?,19?,20?,21?,22-,23?/m1/s1. The van der Waals surface area contributed by atoms with Crippen LogP contribution in [0.3, 0.4) is 0 Å². The average molecular weight is 327 g/mol. The van der Waals surface area contributed by atoms with Crippen LogP contribution in [0.2, 0.25) is 0 Å². The monoisotopic (exact) mass is 326 g/mol. The molecule has 0 spiro atoms. The fourth-order valence-corrected chi connectivity index (χ4v) is 7.17. The van der Waals surface area contributed by atoms with Gasteiger partial charge in [0.25, 0.3) is 0 Å². The predicted octanol–water partition coefficient (Wildman–Crippen LogP) is 5.81. The molecule has 0 aromatic rings. The minimum atomic E-state index is -0.506. The van der Waals surface area contributed by atoms with Crippen molar-refractivity contribution < 1.29 is 5.11 Å². The molecule has 132 valence electrons. The summed E-state index contributed by atoms with van der Waals surface area (Å²) in [4.78, 5) is 0. The zero-order valence-electron chi connectivity index (χ0n) is 15.8. The van der Waals surface area contributed by atoms with Crippen molar-refractivity contribution in [1.29, 1.82) is 0 Å². The normalized spacial score (nSPS) is 47.4. The first-order valence-electron chi connectivity index (χ1n) is 10.2. The largest absolute Gasteiger partial charge is 0.390 e. The van der Waals surface area contributed by atoms with Gasteiger partial charge in [0.15, 0.2) is 0 Å². The SMILES string of the molecule is C=C1CCC2C3CC=C4C=C(C)CCC4C3C(O)(CC)C[C@]12CC. The van der Waals surface area contributed by atoms with E-state index >= 15 is 0 Å². The summed E-state index contributed by atoms with van der Waals surface area (Å²) in [5, 5.41) is 11.9. The van der Waals surface area contributed by atoms with Gasteiger partial charge in [-0.25, -0.2) is 0 Å². The van der Waals surface area contributed by atoms with Gasteiger partial charge < -0.3 is 5.11 Å². The Bertz CT molecular complexity index is 612. The van der Waals surface area contributed by atoms with Crippen LogP contribution < -0.4 is 0 Å². The van der Waals surface area contributed by atoms with E-state index < -0.39 is 5.60 Å². The molecule has 0 amide bonds. The molecule has 2 saturated carbocycles. The molecule has 24 heavy (non-hydrogen) atoms. The van der Waals surface area contributed by atoms with Gasteiger partial charge in [-0.2, -0.15) is 0 Å². The van der Waals surface area contributed by atoms with Crippen molar-refractivity contribution >= 4 is 0 Å². The number of allylic oxidation sites excluding steroid dienone is 5. The van der Waals surface area contributed by atoms with E-state index in [2.05, 4.69) is 39.5 Å². The van der Waals surface area contributed by atoms with E-state index in [0.717, 1.165) is 25.2 Å². The third-order valence-electron chi connectivity index (χ3n) is 8.38. The van der Waals surface area contributed by atoms with Gasteiger partial charge in [0.05, 0.1) is 5.60 Å². The van der Waals surface area contributed by atoms with E-state index in [9.17, 15) is 5.11 Å². The zero-order valence-corrected chi connectivity index (χ0v) is 15.8. The second-order valence-electron chi connectivity index (χ2n) is 9.16. The lowest BCUT2D eigenvalue weighted by Gasteiger charge is -2.60. The molecule has 0 heterocycles. The molecule has 4 aliphatic carbocycles. The molecule has 0 aromatic carbocycles. The minimum absolute atomic E-state index is 0.206. The van der Waals surface area contributed by atoms with Gasteiger partial charge in [0.1, 0.15) is 0 Å². The van der Waals surface area contributed by atoms with Crippen LogP contribution in [0.4, 0.5) is 0 Å². The fourth-order valence-electron chi connectivity index (χ4n) is 7.17. The van der Waals surface area contributed by atoms with Gasteiger partial charge in [-0.05, 0) is 93.0 Å². The number of aliphatic hydroxyl groups is 1. The Morgan fingerprint density at radius 2 is 2.00 bits per heavy atom. The smallest absolute Gasteiger partial charge is 0.0690 e. The van der Waals surface area contributed by atoms with Crippen LogP contribution >= 0.6 is 0 Å². The molecule has 0 saturated heterocycles. The van der Waals surface area contributed by atoms with Crippen LogP contribution in [0.15, 0.2) is 35.5 Å². The highest BCUT2D eigenvalue weighted by atomic mass is 16.3. The molecule has 4 aliphatic rings. The maximum atomic E-state index is 11.9. The highest BCUT2D eigenvalue weighted by Crippen LogP contribution is 2.67. The minimum Gasteiger partial charge on any atom is -0.390 e. The van der Waals surface area contributed by atoms with Gasteiger partial charge in [-0.1, -0.05) is 43.7 Å². The molecule has 0 bridgehead atoms. The second-order valence-corrected chi connectivity index (χ2v) is 9.16. The molecule has 1 nitrogen and oxygen atoms in total. The first-order chi connectivity index (χ1) is 11.4. The molecule has 0 aliphatic heterocycles. The Balaban J connectivity index is 1.80. The molecule has 1 N–H and O–H groups in total. The van der Waals surface area contributed by atoms with Crippen LogP contribution in [0.1, 0.15) is 72.1 Å². The summed E-state index contributed by atoms with van der Waals surface area (Å²) in [5.74, 6) is 2.45. The number of rotatable bonds is 2. The van der Waals surface area contributed by atoms with Crippen molar-refractivity contribution in [1.82, 2.24) is 0 Å². The van der Waals surface area contributed by atoms with Crippen LogP contribution in [0.25, 0.3) is 0 Å². The van der Waals surface area contributed by atoms with E-state index in [1.165, 1.54) is 48.8 Å². The highest BCUT2D eigenvalue weighted by Gasteiger charge is 2.62. The Morgan fingerprint density at radius 3 is 2.71 bits per heavy atom. The van der Waals surface area contributed by atoms with Crippen molar-refractivity contribution in [3.63, 3.8) is 0 Å². The Morgan fingerprint density at radius 1 is 1.21 bits per heavy atom. The molecular weight excluding hydrogens is 292 g/mol. The van der Waals surface area contributed by atoms with Crippen LogP contribution in [-0.2, 0) is 0 Å². The third-order valence-corrected chi connectivity index (χ3v) is 8.38. The lowest BCUT2D eigenvalue weighted by Crippen LogP contribution is -2.58. The molecule has 0 aromatic heterocycles. The van der Waals surface area contributed by atoms with Gasteiger partial charge in [-0.3, -0.25) is 0 Å². The summed E-state index contributed by atoms with van der Waals surface area (Å²) >= 11 is 0. The first-order valence-corrected chi connectivity index (χ1v) is 10.2. The summed E-state index contributed by atoms with van der Waals surface area (Å²) in [7, 11) is 0. The third kappa shape index (κ3) is 2.09. The van der Waals surface area contributed by atoms with E-state index in [1.807, 2.05) is 0 Å². The summed E-state index contributed by atoms with van der Waals surface area (Å²) in [5.41, 5.74) is 4.19. The van der Waals surface area contributed by atoms with Gasteiger partial charge in [-0.15, -0.1) is 0 Å². The van der Waals surface area contributed by atoms with Crippen LogP contribution in [-0.4, -0.2) is 10.7 Å². The Labute approximate surface area is 147 Å². The van der Waals surface area contributed by atoms with E-state index in [-0.39, 0.29) is 5.41 Å². The van der Waals surface area contributed by atoms with Crippen molar-refractivity contribution in [2.45, 2.75) is 77.7 Å². The Kier molecular flexibility index (Phi) is 3.88. The van der Waals surface area contributed by atoms with E-state index in [4.69, 9.17) is 0 Å². The van der Waals surface area contributed by atoms with Gasteiger partial charge >= 0.3 is 0 Å². The lowest BCUT2D eigenvalue weighted by molar-refractivity contribution is -0.155. The summed E-state index contributed by atoms with van der Waals surface area (Å²) in [6, 6.07) is 0. The molecule has 1 heteroatoms. The van der Waals surface area contributed by atoms with Crippen molar-refractivity contribution in [3.05, 3.63) is 35.5 Å². The topological polar surface area (TPSA) is 20.2 Å². The first kappa shape index (κ1) is 16.6. The second kappa shape index (κ2) is 5.59. The highest BCUT2D eigenvalue weighted by molar-refractivity contribution is 5.35. The van der Waals surface area contributed by atoms with Crippen LogP contribution in [0.5, 0.6) is 0 Å². The van der Waals surface area contributed by atoms with Crippen molar-refractivity contribution in [3.8, 4) is 0 Å². The average Bonchev–Trinajstić information content (AvgIpc) is 2.91. The molecule has 4 rings (SSSR count). The fraction of sp³-hybridized carbons (Fsp3) is 0.739. The zero-order chi connectivity index (χ0) is 17.1. The van der Waals surface area contributed by atoms with Crippen molar-refractivity contribution in [2.75, 3.05) is 0 Å². The maximum Gasteiger partial charge on any atom is 0.0690 e. The molecule has 6 atom stereocenters. The van der Waals surface area contributed by atoms with Gasteiger partial charge in [0, 0.05) is 0 Å². The lowest BCUT2D eigenvalue weighted by atomic mass is 9.46. The molecule has 2 fully saturated rings. The molecule has 5 unspecified atom stereocenters. The predicted molar refractivity (Wildman–Crippen MR) is 101 cm³/mol. The number of fused-ring (bicyclic) bond motifs is 5. The molecular formula is C23H34O. The van der Waals surface area contributed by atoms with Gasteiger partial charge in [0.2, 0.25) is 0 Å².